The molecule has 0 radical (unpaired) electrons. The lowest BCUT2D eigenvalue weighted by atomic mass is 10.0. The molecule has 0 bridgehead atoms. The fraction of sp³-hybridized carbons (Fsp3) is 0.818. The van der Waals surface area contributed by atoms with Gasteiger partial charge in [0.15, 0.2) is 0 Å². The SMILES string of the molecule is C=CCCC(NC)C(CCC)OC. The van der Waals surface area contributed by atoms with Gasteiger partial charge in [-0.25, -0.2) is 0 Å². The van der Waals surface area contributed by atoms with E-state index in [1.54, 1.807) is 7.11 Å². The highest BCUT2D eigenvalue weighted by Gasteiger charge is 2.17. The molecule has 0 heterocycles. The van der Waals surface area contributed by atoms with Crippen LogP contribution >= 0.6 is 0 Å². The van der Waals surface area contributed by atoms with E-state index in [1.165, 1.54) is 6.42 Å². The molecule has 13 heavy (non-hydrogen) atoms. The maximum atomic E-state index is 5.44. The predicted octanol–water partition coefficient (Wildman–Crippen LogP) is 2.36. The molecule has 2 nitrogen and oxygen atoms in total. The summed E-state index contributed by atoms with van der Waals surface area (Å²) in [6.07, 6.45) is 6.76. The minimum absolute atomic E-state index is 0.343. The number of likely N-dealkylation sites (N-methyl/N-ethyl adjacent to an activating group) is 1. The van der Waals surface area contributed by atoms with E-state index in [0.29, 0.717) is 12.1 Å². The second-order valence-electron chi connectivity index (χ2n) is 3.32. The highest BCUT2D eigenvalue weighted by molar-refractivity contribution is 4.79. The fourth-order valence-corrected chi connectivity index (χ4v) is 1.58. The van der Waals surface area contributed by atoms with E-state index in [-0.39, 0.29) is 0 Å². The number of hydrogen-bond donors (Lipinski definition) is 1. The van der Waals surface area contributed by atoms with Gasteiger partial charge in [0.2, 0.25) is 0 Å². The van der Waals surface area contributed by atoms with Crippen LogP contribution in [-0.2, 0) is 4.74 Å². The smallest absolute Gasteiger partial charge is 0.0724 e. The van der Waals surface area contributed by atoms with Crippen LogP contribution in [0.4, 0.5) is 0 Å². The Morgan fingerprint density at radius 3 is 2.54 bits per heavy atom. The summed E-state index contributed by atoms with van der Waals surface area (Å²) in [5.41, 5.74) is 0. The molecule has 78 valence electrons. The molecule has 0 fully saturated rings. The molecule has 0 spiro atoms. The van der Waals surface area contributed by atoms with Crippen molar-refractivity contribution in [3.05, 3.63) is 12.7 Å². The lowest BCUT2D eigenvalue weighted by Crippen LogP contribution is -2.38. The molecule has 2 heteroatoms. The van der Waals surface area contributed by atoms with E-state index in [0.717, 1.165) is 19.3 Å². The Morgan fingerprint density at radius 1 is 1.46 bits per heavy atom. The predicted molar refractivity (Wildman–Crippen MR) is 58.0 cm³/mol. The molecule has 2 atom stereocenters. The Bertz CT molecular complexity index is 125. The third kappa shape index (κ3) is 5.06. The van der Waals surface area contributed by atoms with Gasteiger partial charge in [0.1, 0.15) is 0 Å². The molecule has 0 saturated carbocycles. The summed E-state index contributed by atoms with van der Waals surface area (Å²) in [4.78, 5) is 0. The number of methoxy groups -OCH3 is 1. The second kappa shape index (κ2) is 8.27. The molecule has 0 saturated heterocycles. The maximum Gasteiger partial charge on any atom is 0.0724 e. The highest BCUT2D eigenvalue weighted by atomic mass is 16.5. The normalized spacial score (nSPS) is 15.3. The first kappa shape index (κ1) is 12.7. The average molecular weight is 185 g/mol. The molecule has 0 aliphatic carbocycles. The first-order chi connectivity index (χ1) is 6.29. The Balaban J connectivity index is 3.91. The van der Waals surface area contributed by atoms with E-state index >= 15 is 0 Å². The van der Waals surface area contributed by atoms with Crippen LogP contribution in [0.25, 0.3) is 0 Å². The van der Waals surface area contributed by atoms with Crippen molar-refractivity contribution < 1.29 is 4.74 Å². The van der Waals surface area contributed by atoms with Crippen molar-refractivity contribution >= 4 is 0 Å². The summed E-state index contributed by atoms with van der Waals surface area (Å²) < 4.78 is 5.44. The van der Waals surface area contributed by atoms with Crippen LogP contribution in [0.2, 0.25) is 0 Å². The van der Waals surface area contributed by atoms with Crippen LogP contribution in [0.3, 0.4) is 0 Å². The first-order valence-corrected chi connectivity index (χ1v) is 5.11. The van der Waals surface area contributed by atoms with Crippen molar-refractivity contribution in [1.82, 2.24) is 5.32 Å². The largest absolute Gasteiger partial charge is 0.380 e. The molecule has 1 N–H and O–H groups in total. The average Bonchev–Trinajstić information content (AvgIpc) is 2.17. The highest BCUT2D eigenvalue weighted by Crippen LogP contribution is 2.11. The molecule has 0 aliphatic heterocycles. The van der Waals surface area contributed by atoms with Gasteiger partial charge in [0, 0.05) is 13.2 Å². The summed E-state index contributed by atoms with van der Waals surface area (Å²) in [6, 6.07) is 0.461. The van der Waals surface area contributed by atoms with Crippen LogP contribution in [0.5, 0.6) is 0 Å². The second-order valence-corrected chi connectivity index (χ2v) is 3.32. The summed E-state index contributed by atoms with van der Waals surface area (Å²) in [7, 11) is 3.79. The van der Waals surface area contributed by atoms with Gasteiger partial charge >= 0.3 is 0 Å². The molecule has 0 aromatic rings. The third-order valence-electron chi connectivity index (χ3n) is 2.38. The van der Waals surface area contributed by atoms with Crippen molar-refractivity contribution in [2.24, 2.45) is 0 Å². The monoisotopic (exact) mass is 185 g/mol. The maximum absolute atomic E-state index is 5.44. The van der Waals surface area contributed by atoms with Crippen LogP contribution in [-0.4, -0.2) is 26.3 Å². The summed E-state index contributed by atoms with van der Waals surface area (Å²) in [5, 5.41) is 3.30. The lowest BCUT2D eigenvalue weighted by molar-refractivity contribution is 0.0609. The zero-order valence-electron chi connectivity index (χ0n) is 9.18. The van der Waals surface area contributed by atoms with E-state index in [4.69, 9.17) is 4.74 Å². The molecular formula is C11H23NO. The zero-order valence-corrected chi connectivity index (χ0v) is 9.18. The van der Waals surface area contributed by atoms with Gasteiger partial charge in [-0.05, 0) is 26.3 Å². The van der Waals surface area contributed by atoms with E-state index < -0.39 is 0 Å². The summed E-state index contributed by atoms with van der Waals surface area (Å²) >= 11 is 0. The van der Waals surface area contributed by atoms with E-state index in [2.05, 4.69) is 18.8 Å². The van der Waals surface area contributed by atoms with Crippen LogP contribution in [0.1, 0.15) is 32.6 Å². The summed E-state index contributed by atoms with van der Waals surface area (Å²) in [5.74, 6) is 0. The van der Waals surface area contributed by atoms with Gasteiger partial charge in [-0.3, -0.25) is 0 Å². The van der Waals surface area contributed by atoms with Gasteiger partial charge in [-0.2, -0.15) is 0 Å². The zero-order chi connectivity index (χ0) is 10.1. The molecule has 0 aromatic heterocycles. The van der Waals surface area contributed by atoms with Crippen molar-refractivity contribution in [2.75, 3.05) is 14.2 Å². The standard InChI is InChI=1S/C11H23NO/c1-5-7-9-10(12-3)11(13-4)8-6-2/h5,10-12H,1,6-9H2,2-4H3. The fourth-order valence-electron chi connectivity index (χ4n) is 1.58. The van der Waals surface area contributed by atoms with Crippen LogP contribution < -0.4 is 5.32 Å². The number of nitrogens with one attached hydrogen (secondary N) is 1. The molecule has 2 unspecified atom stereocenters. The van der Waals surface area contributed by atoms with Crippen molar-refractivity contribution in [3.8, 4) is 0 Å². The Labute approximate surface area is 82.4 Å². The van der Waals surface area contributed by atoms with E-state index in [1.807, 2.05) is 13.1 Å². The quantitative estimate of drug-likeness (QED) is 0.586. The summed E-state index contributed by atoms with van der Waals surface area (Å²) in [6.45, 7) is 5.92. The Kier molecular flexibility index (Phi) is 8.05. The first-order valence-electron chi connectivity index (χ1n) is 5.11. The number of rotatable bonds is 8. The number of hydrogen-bond acceptors (Lipinski definition) is 2. The van der Waals surface area contributed by atoms with Gasteiger partial charge in [-0.1, -0.05) is 19.4 Å². The van der Waals surface area contributed by atoms with E-state index in [9.17, 15) is 0 Å². The Morgan fingerprint density at radius 2 is 2.15 bits per heavy atom. The topological polar surface area (TPSA) is 21.3 Å². The molecular weight excluding hydrogens is 162 g/mol. The minimum Gasteiger partial charge on any atom is -0.380 e. The Hall–Kier alpha value is -0.340. The third-order valence-corrected chi connectivity index (χ3v) is 2.38. The lowest BCUT2D eigenvalue weighted by Gasteiger charge is -2.25. The molecule has 0 aliphatic rings. The minimum atomic E-state index is 0.343. The van der Waals surface area contributed by atoms with Gasteiger partial charge in [0.25, 0.3) is 0 Å². The van der Waals surface area contributed by atoms with Gasteiger partial charge < -0.3 is 10.1 Å². The number of allylic oxidation sites excluding steroid dienone is 1. The van der Waals surface area contributed by atoms with Crippen molar-refractivity contribution in [1.29, 1.82) is 0 Å². The molecule has 0 aromatic carbocycles. The van der Waals surface area contributed by atoms with Crippen LogP contribution in [0.15, 0.2) is 12.7 Å². The van der Waals surface area contributed by atoms with Crippen molar-refractivity contribution in [2.45, 2.75) is 44.8 Å². The molecule has 0 amide bonds. The number of ether oxygens (including phenoxy) is 1. The van der Waals surface area contributed by atoms with Crippen molar-refractivity contribution in [3.63, 3.8) is 0 Å². The molecule has 0 rings (SSSR count). The van der Waals surface area contributed by atoms with Crippen LogP contribution in [0, 0.1) is 0 Å². The van der Waals surface area contributed by atoms with Gasteiger partial charge in [-0.15, -0.1) is 6.58 Å². The van der Waals surface area contributed by atoms with Gasteiger partial charge in [0.05, 0.1) is 6.10 Å².